The molecular formula is C11H12ClFO4. The van der Waals surface area contributed by atoms with Crippen LogP contribution in [0.1, 0.15) is 18.6 Å². The number of benzene rings is 1. The van der Waals surface area contributed by atoms with Crippen molar-refractivity contribution >= 4 is 17.6 Å². The Morgan fingerprint density at radius 2 is 2.24 bits per heavy atom. The number of rotatable bonds is 4. The lowest BCUT2D eigenvalue weighted by molar-refractivity contribution is -0.153. The number of hydrogen-bond donors (Lipinski definition) is 1. The number of esters is 1. The number of aliphatic hydroxyl groups is 1. The minimum atomic E-state index is -1.56. The number of aliphatic hydroxyl groups excluding tert-OH is 1. The molecule has 0 amide bonds. The molecule has 0 fully saturated rings. The zero-order valence-corrected chi connectivity index (χ0v) is 10.1. The molecule has 4 nitrogen and oxygen atoms in total. The highest BCUT2D eigenvalue weighted by Gasteiger charge is 2.21. The second-order valence-corrected chi connectivity index (χ2v) is 3.58. The Bertz CT molecular complexity index is 399. The van der Waals surface area contributed by atoms with Gasteiger partial charge in [0, 0.05) is 0 Å². The lowest BCUT2D eigenvalue weighted by Gasteiger charge is -2.12. The number of carbonyl (C=O) groups excluding carboxylic acids is 1. The van der Waals surface area contributed by atoms with Crippen molar-refractivity contribution in [3.05, 3.63) is 28.5 Å². The van der Waals surface area contributed by atoms with Crippen LogP contribution in [-0.4, -0.2) is 24.8 Å². The normalized spacial score (nSPS) is 12.1. The Hall–Kier alpha value is -1.33. The molecule has 6 heteroatoms. The number of hydrogen-bond acceptors (Lipinski definition) is 4. The Morgan fingerprint density at radius 3 is 2.71 bits per heavy atom. The number of methoxy groups -OCH3 is 1. The molecule has 0 radical (unpaired) electrons. The zero-order chi connectivity index (χ0) is 13.0. The standard InChI is InChI=1S/C11H12ClFO4/c1-3-17-11(15)9(14)6-4-7(12)10(16-2)8(13)5-6/h4-5,9,14H,3H2,1-2H3. The van der Waals surface area contributed by atoms with Crippen molar-refractivity contribution in [1.82, 2.24) is 0 Å². The topological polar surface area (TPSA) is 55.8 Å². The maximum Gasteiger partial charge on any atom is 0.339 e. The molecule has 1 aromatic rings. The van der Waals surface area contributed by atoms with E-state index in [2.05, 4.69) is 4.74 Å². The number of carbonyl (C=O) groups is 1. The van der Waals surface area contributed by atoms with Gasteiger partial charge in [0.15, 0.2) is 17.7 Å². The van der Waals surface area contributed by atoms with Crippen molar-refractivity contribution in [2.75, 3.05) is 13.7 Å². The number of halogens is 2. The van der Waals surface area contributed by atoms with Gasteiger partial charge in [-0.3, -0.25) is 0 Å². The summed E-state index contributed by atoms with van der Waals surface area (Å²) in [6.07, 6.45) is -1.56. The summed E-state index contributed by atoms with van der Waals surface area (Å²) >= 11 is 5.73. The fourth-order valence-corrected chi connectivity index (χ4v) is 1.58. The largest absolute Gasteiger partial charge is 0.492 e. The van der Waals surface area contributed by atoms with E-state index in [1.165, 1.54) is 13.2 Å². The predicted octanol–water partition coefficient (Wildman–Crippen LogP) is 2.08. The molecule has 94 valence electrons. The van der Waals surface area contributed by atoms with Gasteiger partial charge in [-0.25, -0.2) is 9.18 Å². The first-order valence-corrected chi connectivity index (χ1v) is 5.26. The summed E-state index contributed by atoms with van der Waals surface area (Å²) in [6, 6.07) is 2.23. The van der Waals surface area contributed by atoms with Gasteiger partial charge < -0.3 is 14.6 Å². The van der Waals surface area contributed by atoms with Crippen LogP contribution < -0.4 is 4.74 Å². The molecule has 0 aromatic heterocycles. The van der Waals surface area contributed by atoms with Gasteiger partial charge in [-0.15, -0.1) is 0 Å². The van der Waals surface area contributed by atoms with Gasteiger partial charge in [0.1, 0.15) is 0 Å². The summed E-state index contributed by atoms with van der Waals surface area (Å²) in [5.74, 6) is -1.74. The van der Waals surface area contributed by atoms with Crippen LogP contribution in [0.2, 0.25) is 5.02 Å². The summed E-state index contributed by atoms with van der Waals surface area (Å²) < 4.78 is 22.8. The predicted molar refractivity (Wildman–Crippen MR) is 59.6 cm³/mol. The van der Waals surface area contributed by atoms with E-state index in [4.69, 9.17) is 16.3 Å². The van der Waals surface area contributed by atoms with Crippen molar-refractivity contribution in [1.29, 1.82) is 0 Å². The summed E-state index contributed by atoms with van der Waals surface area (Å²) in [7, 11) is 1.27. The van der Waals surface area contributed by atoms with E-state index < -0.39 is 17.9 Å². The van der Waals surface area contributed by atoms with Crippen LogP contribution >= 0.6 is 11.6 Å². The molecule has 1 unspecified atom stereocenters. The third-order valence-electron chi connectivity index (χ3n) is 2.05. The number of ether oxygens (including phenoxy) is 2. The molecule has 0 aliphatic heterocycles. The molecule has 1 aromatic carbocycles. The second kappa shape index (κ2) is 5.84. The molecule has 1 N–H and O–H groups in total. The van der Waals surface area contributed by atoms with E-state index in [0.29, 0.717) is 0 Å². The third-order valence-corrected chi connectivity index (χ3v) is 2.33. The first-order chi connectivity index (χ1) is 8.01. The van der Waals surface area contributed by atoms with Gasteiger partial charge in [-0.2, -0.15) is 0 Å². The van der Waals surface area contributed by atoms with E-state index >= 15 is 0 Å². The molecule has 1 atom stereocenters. The van der Waals surface area contributed by atoms with Gasteiger partial charge in [0.05, 0.1) is 18.7 Å². The molecular weight excluding hydrogens is 251 g/mol. The highest BCUT2D eigenvalue weighted by molar-refractivity contribution is 6.32. The monoisotopic (exact) mass is 262 g/mol. The van der Waals surface area contributed by atoms with Crippen LogP contribution in [0.4, 0.5) is 4.39 Å². The molecule has 0 bridgehead atoms. The van der Waals surface area contributed by atoms with Crippen LogP contribution in [0.15, 0.2) is 12.1 Å². The average Bonchev–Trinajstić information content (AvgIpc) is 2.27. The van der Waals surface area contributed by atoms with E-state index in [0.717, 1.165) is 6.07 Å². The first kappa shape index (κ1) is 13.7. The van der Waals surface area contributed by atoms with Crippen LogP contribution in [0, 0.1) is 5.82 Å². The Labute approximate surface area is 103 Å². The Morgan fingerprint density at radius 1 is 1.59 bits per heavy atom. The third kappa shape index (κ3) is 3.08. The smallest absolute Gasteiger partial charge is 0.339 e. The summed E-state index contributed by atoms with van der Waals surface area (Å²) in [6.45, 7) is 1.73. The Balaban J connectivity index is 3.04. The van der Waals surface area contributed by atoms with Crippen molar-refractivity contribution in [2.24, 2.45) is 0 Å². The first-order valence-electron chi connectivity index (χ1n) is 4.88. The fourth-order valence-electron chi connectivity index (χ4n) is 1.29. The van der Waals surface area contributed by atoms with Crippen molar-refractivity contribution < 1.29 is 23.8 Å². The molecule has 0 saturated heterocycles. The zero-order valence-electron chi connectivity index (χ0n) is 9.37. The van der Waals surface area contributed by atoms with Crippen molar-refractivity contribution in [2.45, 2.75) is 13.0 Å². The molecule has 17 heavy (non-hydrogen) atoms. The molecule has 0 saturated carbocycles. The molecule has 1 rings (SSSR count). The lowest BCUT2D eigenvalue weighted by Crippen LogP contribution is -2.15. The van der Waals surface area contributed by atoms with Crippen LogP contribution in [-0.2, 0) is 9.53 Å². The Kier molecular flexibility index (Phi) is 4.72. The summed E-state index contributed by atoms with van der Waals surface area (Å²) in [5, 5.41) is 9.57. The van der Waals surface area contributed by atoms with Crippen LogP contribution in [0.3, 0.4) is 0 Å². The van der Waals surface area contributed by atoms with Gasteiger partial charge in [-0.05, 0) is 24.6 Å². The maximum absolute atomic E-state index is 13.4. The van der Waals surface area contributed by atoms with Crippen molar-refractivity contribution in [3.8, 4) is 5.75 Å². The minimum absolute atomic E-state index is 0.0201. The van der Waals surface area contributed by atoms with E-state index in [9.17, 15) is 14.3 Å². The van der Waals surface area contributed by atoms with Gasteiger partial charge >= 0.3 is 5.97 Å². The van der Waals surface area contributed by atoms with Gasteiger partial charge in [0.25, 0.3) is 0 Å². The SMILES string of the molecule is CCOC(=O)C(O)c1cc(F)c(OC)c(Cl)c1. The highest BCUT2D eigenvalue weighted by Crippen LogP contribution is 2.31. The van der Waals surface area contributed by atoms with E-state index in [1.807, 2.05) is 0 Å². The summed E-state index contributed by atoms with van der Waals surface area (Å²) in [4.78, 5) is 11.3. The van der Waals surface area contributed by atoms with Gasteiger partial charge in [-0.1, -0.05) is 11.6 Å². The van der Waals surface area contributed by atoms with Crippen LogP contribution in [0.5, 0.6) is 5.75 Å². The minimum Gasteiger partial charge on any atom is -0.492 e. The average molecular weight is 263 g/mol. The molecule has 0 heterocycles. The quantitative estimate of drug-likeness (QED) is 0.844. The molecule has 0 spiro atoms. The van der Waals surface area contributed by atoms with Crippen LogP contribution in [0.25, 0.3) is 0 Å². The van der Waals surface area contributed by atoms with Crippen molar-refractivity contribution in [3.63, 3.8) is 0 Å². The lowest BCUT2D eigenvalue weighted by atomic mass is 10.1. The second-order valence-electron chi connectivity index (χ2n) is 3.17. The van der Waals surface area contributed by atoms with E-state index in [1.54, 1.807) is 6.92 Å². The molecule has 0 aliphatic rings. The van der Waals surface area contributed by atoms with E-state index in [-0.39, 0.29) is 22.9 Å². The van der Waals surface area contributed by atoms with Gasteiger partial charge in [0.2, 0.25) is 0 Å². The summed E-state index contributed by atoms with van der Waals surface area (Å²) in [5.41, 5.74) is 0.0201. The fraction of sp³-hybridized carbons (Fsp3) is 0.364. The molecule has 0 aliphatic carbocycles. The maximum atomic E-state index is 13.4. The highest BCUT2D eigenvalue weighted by atomic mass is 35.5.